The lowest BCUT2D eigenvalue weighted by Crippen LogP contribution is -2.59. The van der Waals surface area contributed by atoms with Crippen LogP contribution in [0.1, 0.15) is 91.6 Å². The normalized spacial score (nSPS) is 26.5. The van der Waals surface area contributed by atoms with Crippen molar-refractivity contribution in [3.63, 3.8) is 0 Å². The summed E-state index contributed by atoms with van der Waals surface area (Å²) in [5.41, 5.74) is 3.35. The maximum absolute atomic E-state index is 15.1. The van der Waals surface area contributed by atoms with Crippen LogP contribution < -0.4 is 29.6 Å². The number of aliphatic hydroxyl groups excluding tert-OH is 9. The number of carbonyl (C=O) groups is 2. The number of benzene rings is 6. The van der Waals surface area contributed by atoms with Crippen LogP contribution in [0.2, 0.25) is 0 Å². The molecule has 2 amide bonds. The van der Waals surface area contributed by atoms with E-state index in [4.69, 9.17) is 37.9 Å². The highest BCUT2D eigenvalue weighted by Gasteiger charge is 2.55. The van der Waals surface area contributed by atoms with Crippen LogP contribution in [0.25, 0.3) is 0 Å². The quantitative estimate of drug-likeness (QED) is 0.0507. The fourth-order valence-corrected chi connectivity index (χ4v) is 11.9. The third kappa shape index (κ3) is 12.7. The van der Waals surface area contributed by atoms with Gasteiger partial charge in [0.15, 0.2) is 12.6 Å². The summed E-state index contributed by atoms with van der Waals surface area (Å²) in [6.45, 7) is 10.4. The molecule has 0 aromatic heterocycles. The summed E-state index contributed by atoms with van der Waals surface area (Å²) in [6.07, 6.45) is -14.5. The molecule has 0 bridgehead atoms. The molecule has 11 atom stereocenters. The maximum atomic E-state index is 15.1. The molecule has 6 aromatic carbocycles. The van der Waals surface area contributed by atoms with Crippen LogP contribution in [0.3, 0.4) is 0 Å². The van der Waals surface area contributed by atoms with Crippen molar-refractivity contribution in [2.45, 2.75) is 131 Å². The number of phenols is 1. The average Bonchev–Trinajstić information content (AvgIpc) is 1.62. The van der Waals surface area contributed by atoms with Crippen molar-refractivity contribution >= 4 is 23.2 Å². The van der Waals surface area contributed by atoms with Crippen LogP contribution in [-0.4, -0.2) is 178 Å². The number of aliphatic hydroxyl groups is 9. The third-order valence-corrected chi connectivity index (χ3v) is 16.8. The molecule has 89 heavy (non-hydrogen) atoms. The Balaban J connectivity index is 0.000000269. The molecule has 10 rings (SSSR count). The van der Waals surface area contributed by atoms with Crippen molar-refractivity contribution in [1.29, 1.82) is 0 Å². The Morgan fingerprint density at radius 2 is 0.910 bits per heavy atom. The van der Waals surface area contributed by atoms with Crippen molar-refractivity contribution < 1.29 is 98.5 Å². The number of hydrogen-bond acceptors (Lipinski definition) is 20. The van der Waals surface area contributed by atoms with Crippen LogP contribution in [0.4, 0.5) is 11.4 Å². The second-order valence-electron chi connectivity index (χ2n) is 24.3. The summed E-state index contributed by atoms with van der Waals surface area (Å²) in [6, 6.07) is 35.9. The average molecular weight is 1230 g/mol. The molecular weight excluding hydrogens is 1150 g/mol. The molecule has 22 nitrogen and oxygen atoms in total. The van der Waals surface area contributed by atoms with Crippen molar-refractivity contribution in [1.82, 2.24) is 0 Å². The molecule has 0 radical (unpaired) electrons. The van der Waals surface area contributed by atoms with Crippen LogP contribution in [0.15, 0.2) is 121 Å². The van der Waals surface area contributed by atoms with Gasteiger partial charge in [-0.15, -0.1) is 0 Å². The standard InChI is InChI=1S/C44H59NO15.C23H21NO5/c1-42(2,3)23-11-13-29(55-15-17-57-39-37(52)35(50)33(48)31(21-46)59-39)26(19-23)44(25-9-7-8-10-28(25)45-41(44)54)27-20-24(43(4,5)6)12-14-30(27)56-16-18-58-40-38(53)36(51)34(49)32(22-47)60-40;1-28-16-9-7-14(13-25)18(12-16)23(19-11-15(26)8-10-21(19)29-2)17-5-3-4-6-20(17)24-22(23)27/h7-14,19-20,31-40,46-53H,15-18,21-22H2,1-6H3,(H,45,54);3-12,25-26H,13H2,1-2H3,(H,24,27). The molecule has 0 spiro atoms. The molecule has 0 aliphatic carbocycles. The van der Waals surface area contributed by atoms with Gasteiger partial charge in [-0.05, 0) is 99.8 Å². The molecule has 478 valence electrons. The Hall–Kier alpha value is -7.26. The van der Waals surface area contributed by atoms with E-state index in [-0.39, 0.29) is 61.4 Å². The van der Waals surface area contributed by atoms with Crippen molar-refractivity contribution in [2.75, 3.05) is 64.5 Å². The number of phenolic OH excluding ortho intramolecular Hbond substituents is 1. The summed E-state index contributed by atoms with van der Waals surface area (Å²) in [7, 11) is 3.06. The van der Waals surface area contributed by atoms with E-state index in [2.05, 4.69) is 52.2 Å². The van der Waals surface area contributed by atoms with Gasteiger partial charge >= 0.3 is 0 Å². The zero-order valence-corrected chi connectivity index (χ0v) is 50.8. The first kappa shape index (κ1) is 66.2. The minimum atomic E-state index is -1.61. The number of anilines is 2. The Labute approximate surface area is 515 Å². The minimum Gasteiger partial charge on any atom is -0.508 e. The number of amides is 2. The van der Waals surface area contributed by atoms with E-state index in [0.717, 1.165) is 11.1 Å². The predicted molar refractivity (Wildman–Crippen MR) is 324 cm³/mol. The van der Waals surface area contributed by atoms with Gasteiger partial charge in [0.05, 0.1) is 47.3 Å². The first-order chi connectivity index (χ1) is 42.4. The van der Waals surface area contributed by atoms with E-state index in [9.17, 15) is 55.9 Å². The second-order valence-corrected chi connectivity index (χ2v) is 24.3. The summed E-state index contributed by atoms with van der Waals surface area (Å²) >= 11 is 0. The van der Waals surface area contributed by atoms with Crippen molar-refractivity contribution in [3.8, 4) is 28.7 Å². The van der Waals surface area contributed by atoms with Gasteiger partial charge in [0.25, 0.3) is 0 Å². The van der Waals surface area contributed by atoms with E-state index in [1.54, 1.807) is 43.5 Å². The lowest BCUT2D eigenvalue weighted by atomic mass is 9.67. The number of hydrogen-bond donors (Lipinski definition) is 12. The van der Waals surface area contributed by atoms with Crippen LogP contribution in [0.5, 0.6) is 28.7 Å². The number of fused-ring (bicyclic) bond motifs is 2. The largest absolute Gasteiger partial charge is 0.508 e. The topological polar surface area (TPSA) is 334 Å². The number of methoxy groups -OCH3 is 2. The number of para-hydroxylation sites is 2. The highest BCUT2D eigenvalue weighted by molar-refractivity contribution is 6.13. The highest BCUT2D eigenvalue weighted by Crippen LogP contribution is 2.55. The van der Waals surface area contributed by atoms with Crippen LogP contribution in [0, 0.1) is 0 Å². The van der Waals surface area contributed by atoms with Gasteiger partial charge in [-0.25, -0.2) is 0 Å². The molecule has 22 heteroatoms. The van der Waals surface area contributed by atoms with Gasteiger partial charge in [0.2, 0.25) is 11.8 Å². The van der Waals surface area contributed by atoms with Gasteiger partial charge in [0.1, 0.15) is 102 Å². The smallest absolute Gasteiger partial charge is 0.244 e. The maximum Gasteiger partial charge on any atom is 0.244 e. The number of ether oxygens (including phenoxy) is 8. The van der Waals surface area contributed by atoms with Crippen LogP contribution in [-0.2, 0) is 56.8 Å². The molecule has 11 unspecified atom stereocenters. The lowest BCUT2D eigenvalue weighted by molar-refractivity contribution is -0.301. The van der Waals surface area contributed by atoms with E-state index < -0.39 is 85.5 Å². The molecular formula is C67H80N2O20. The Morgan fingerprint density at radius 3 is 1.34 bits per heavy atom. The first-order valence-electron chi connectivity index (χ1n) is 29.3. The molecule has 4 heterocycles. The monoisotopic (exact) mass is 1230 g/mol. The Bertz CT molecular complexity index is 3360. The van der Waals surface area contributed by atoms with Gasteiger partial charge in [-0.3, -0.25) is 9.59 Å². The van der Waals surface area contributed by atoms with E-state index in [0.29, 0.717) is 73.3 Å². The van der Waals surface area contributed by atoms with Crippen molar-refractivity contribution in [2.24, 2.45) is 0 Å². The SMILES string of the molecule is CC(C)(C)c1ccc(OCCOC2OC(CO)C(O)C(O)C2O)c(C2(c3cc(C(C)(C)C)ccc3OCCOC3OC(CO)C(O)C(O)C3O)C(=O)Nc3ccccc32)c1.COc1ccc(CO)c(C2(c3cc(O)ccc3OC)C(=O)Nc3ccccc32)c1. The predicted octanol–water partition coefficient (Wildman–Crippen LogP) is 4.15. The van der Waals surface area contributed by atoms with Gasteiger partial charge < -0.3 is 99.6 Å². The fourth-order valence-electron chi connectivity index (χ4n) is 11.9. The molecule has 0 saturated carbocycles. The number of carbonyl (C=O) groups excluding carboxylic acids is 2. The number of nitrogens with one attached hydrogen (secondary N) is 2. The Kier molecular flexibility index (Phi) is 20.1. The summed E-state index contributed by atoms with van der Waals surface area (Å²) < 4.78 is 46.4. The van der Waals surface area contributed by atoms with Crippen molar-refractivity contribution in [3.05, 3.63) is 171 Å². The third-order valence-electron chi connectivity index (χ3n) is 16.8. The Morgan fingerprint density at radius 1 is 0.472 bits per heavy atom. The lowest BCUT2D eigenvalue weighted by Gasteiger charge is -2.39. The molecule has 4 aliphatic heterocycles. The first-order valence-corrected chi connectivity index (χ1v) is 29.3. The zero-order valence-electron chi connectivity index (χ0n) is 50.8. The zero-order chi connectivity index (χ0) is 64.3. The summed E-state index contributed by atoms with van der Waals surface area (Å²) in [5.74, 6) is 1.01. The second kappa shape index (κ2) is 27.1. The highest BCUT2D eigenvalue weighted by atomic mass is 16.7. The molecule has 4 aliphatic rings. The summed E-state index contributed by atoms with van der Waals surface area (Å²) in [5, 5.41) is 108. The van der Waals surface area contributed by atoms with Gasteiger partial charge in [-0.1, -0.05) is 96.1 Å². The summed E-state index contributed by atoms with van der Waals surface area (Å²) in [4.78, 5) is 28.7. The fraction of sp³-hybridized carbons (Fsp3) is 0.433. The molecule has 12 N–H and O–H groups in total. The molecule has 6 aromatic rings. The molecule has 2 fully saturated rings. The van der Waals surface area contributed by atoms with E-state index >= 15 is 4.79 Å². The van der Waals surface area contributed by atoms with Gasteiger partial charge in [0, 0.05) is 39.2 Å². The van der Waals surface area contributed by atoms with Gasteiger partial charge in [-0.2, -0.15) is 0 Å². The van der Waals surface area contributed by atoms with E-state index in [1.807, 2.05) is 72.8 Å². The number of aromatic hydroxyl groups is 1. The minimum absolute atomic E-state index is 0.00537. The van der Waals surface area contributed by atoms with E-state index in [1.165, 1.54) is 19.2 Å². The number of rotatable bonds is 19. The molecule has 2 saturated heterocycles. The van der Waals surface area contributed by atoms with Crippen LogP contribution >= 0.6 is 0 Å².